The number of ether oxygens (including phenoxy) is 1. The molecule has 1 unspecified atom stereocenters. The molecule has 32 heavy (non-hydrogen) atoms. The van der Waals surface area contributed by atoms with Crippen LogP contribution in [0.15, 0.2) is 120 Å². The molecule has 0 aromatic heterocycles. The molecule has 0 aliphatic rings. The molecule has 0 fully saturated rings. The molecule has 0 aliphatic heterocycles. The molecular formula is C27H25O3PS. The lowest BCUT2D eigenvalue weighted by molar-refractivity contribution is 0.415. The number of benzene rings is 4. The van der Waals surface area contributed by atoms with Gasteiger partial charge in [-0.2, -0.15) is 0 Å². The minimum Gasteiger partial charge on any atom is -0.497 e. The van der Waals surface area contributed by atoms with E-state index in [2.05, 4.69) is 6.08 Å². The highest BCUT2D eigenvalue weighted by Gasteiger charge is 2.24. The van der Waals surface area contributed by atoms with E-state index < -0.39 is 16.6 Å². The van der Waals surface area contributed by atoms with E-state index in [1.807, 2.05) is 103 Å². The second-order valence-electron chi connectivity index (χ2n) is 7.13. The Morgan fingerprint density at radius 3 is 1.81 bits per heavy atom. The highest BCUT2D eigenvalue weighted by molar-refractivity contribution is 8.36. The summed E-state index contributed by atoms with van der Waals surface area (Å²) >= 11 is 0. The van der Waals surface area contributed by atoms with Gasteiger partial charge in [0.15, 0.2) is 6.49 Å². The average Bonchev–Trinajstić information content (AvgIpc) is 2.86. The van der Waals surface area contributed by atoms with Crippen LogP contribution in [0.3, 0.4) is 0 Å². The fourth-order valence-corrected chi connectivity index (χ4v) is 9.55. The lowest BCUT2D eigenvalue weighted by atomic mass is 10.1. The molecule has 4 rings (SSSR count). The fourth-order valence-electron chi connectivity index (χ4n) is 3.39. The molecule has 1 atom stereocenters. The van der Waals surface area contributed by atoms with Gasteiger partial charge in [0.25, 0.3) is 0 Å². The standard InChI is InChI=1S/C27H25O3PS/c1-30-24-19-17-22(18-20-24)21-27(23-11-5-2-6-12-23)32(26-15-9-4-10-16-26)31(28,29)25-13-7-3-8-14-25/h2-21,28-29H,1H3. The fraction of sp³-hybridized carbons (Fsp3) is 0.0370. The quantitative estimate of drug-likeness (QED) is 0.276. The molecule has 0 amide bonds. The van der Waals surface area contributed by atoms with Gasteiger partial charge in [0.1, 0.15) is 5.75 Å². The van der Waals surface area contributed by atoms with Crippen molar-refractivity contribution in [3.63, 3.8) is 0 Å². The monoisotopic (exact) mass is 460 g/mol. The summed E-state index contributed by atoms with van der Waals surface area (Å²) in [5.41, 5.74) is 1.92. The molecule has 5 heteroatoms. The van der Waals surface area contributed by atoms with E-state index in [0.717, 1.165) is 26.7 Å². The highest BCUT2D eigenvalue weighted by atomic mass is 32.5. The molecule has 0 saturated heterocycles. The van der Waals surface area contributed by atoms with Crippen LogP contribution in [-0.4, -0.2) is 16.9 Å². The Labute approximate surface area is 191 Å². The molecule has 0 aliphatic carbocycles. The Morgan fingerprint density at radius 2 is 1.25 bits per heavy atom. The molecule has 0 spiro atoms. The van der Waals surface area contributed by atoms with Crippen molar-refractivity contribution >= 4 is 32.9 Å². The van der Waals surface area contributed by atoms with E-state index in [9.17, 15) is 9.79 Å². The van der Waals surface area contributed by atoms with Crippen LogP contribution >= 0.6 is 6.49 Å². The molecule has 4 aromatic carbocycles. The molecule has 0 bridgehead atoms. The van der Waals surface area contributed by atoms with Gasteiger partial charge in [-0.05, 0) is 53.6 Å². The van der Waals surface area contributed by atoms with E-state index in [1.165, 1.54) is 0 Å². The van der Waals surface area contributed by atoms with E-state index in [1.54, 1.807) is 19.2 Å². The van der Waals surface area contributed by atoms with Crippen LogP contribution in [0.2, 0.25) is 0 Å². The topological polar surface area (TPSA) is 49.7 Å². The number of rotatable bonds is 6. The second kappa shape index (κ2) is 10.2. The molecule has 162 valence electrons. The number of hydrogen-bond acceptors (Lipinski definition) is 1. The Hall–Kier alpha value is -2.88. The van der Waals surface area contributed by atoms with Crippen LogP contribution in [0.4, 0.5) is 0 Å². The third-order valence-corrected chi connectivity index (χ3v) is 11.3. The Morgan fingerprint density at radius 1 is 0.719 bits per heavy atom. The van der Waals surface area contributed by atoms with Gasteiger partial charge in [-0.25, -0.2) is 0 Å². The summed E-state index contributed by atoms with van der Waals surface area (Å²) in [6.45, 7) is -3.57. The molecule has 0 heterocycles. The maximum atomic E-state index is 11.7. The van der Waals surface area contributed by atoms with E-state index >= 15 is 0 Å². The SMILES string of the molecule is COc1ccc(C=C(c2ccccc2)S(c2ccccc2)=P(O)(O)c2ccccc2)cc1. The molecule has 0 saturated carbocycles. The minimum atomic E-state index is -3.57. The first-order valence-corrected chi connectivity index (χ1v) is 13.7. The van der Waals surface area contributed by atoms with Crippen LogP contribution in [0.1, 0.15) is 11.1 Å². The molecule has 2 N–H and O–H groups in total. The van der Waals surface area contributed by atoms with Crippen LogP contribution in [0, 0.1) is 0 Å². The van der Waals surface area contributed by atoms with Crippen LogP contribution < -0.4 is 10.0 Å². The zero-order chi connectivity index (χ0) is 22.4. The maximum absolute atomic E-state index is 11.7. The van der Waals surface area contributed by atoms with E-state index in [0.29, 0.717) is 5.30 Å². The largest absolute Gasteiger partial charge is 0.497 e. The van der Waals surface area contributed by atoms with Crippen LogP contribution in [0.5, 0.6) is 5.75 Å². The van der Waals surface area contributed by atoms with Gasteiger partial charge in [0, 0.05) is 15.1 Å². The first-order chi connectivity index (χ1) is 15.6. The summed E-state index contributed by atoms with van der Waals surface area (Å²) in [4.78, 5) is 25.2. The molecule has 0 radical (unpaired) electrons. The molecule has 3 nitrogen and oxygen atoms in total. The summed E-state index contributed by atoms with van der Waals surface area (Å²) in [6.07, 6.45) is 2.05. The van der Waals surface area contributed by atoms with Crippen molar-refractivity contribution in [2.24, 2.45) is 0 Å². The zero-order valence-corrected chi connectivity index (χ0v) is 19.4. The van der Waals surface area contributed by atoms with Gasteiger partial charge in [-0.3, -0.25) is 0 Å². The highest BCUT2D eigenvalue weighted by Crippen LogP contribution is 2.49. The Balaban J connectivity index is 2.04. The lowest BCUT2D eigenvalue weighted by Crippen LogP contribution is -2.10. The van der Waals surface area contributed by atoms with Crippen molar-refractivity contribution in [3.05, 3.63) is 126 Å². The van der Waals surface area contributed by atoms with Crippen molar-refractivity contribution in [2.45, 2.75) is 4.90 Å². The third kappa shape index (κ3) is 4.95. The zero-order valence-electron chi connectivity index (χ0n) is 17.7. The summed E-state index contributed by atoms with van der Waals surface area (Å²) in [6, 6.07) is 36.7. The van der Waals surface area contributed by atoms with Gasteiger partial charge < -0.3 is 14.5 Å². The van der Waals surface area contributed by atoms with Crippen molar-refractivity contribution in [1.29, 1.82) is 0 Å². The van der Waals surface area contributed by atoms with Crippen molar-refractivity contribution in [2.75, 3.05) is 7.11 Å². The van der Waals surface area contributed by atoms with Gasteiger partial charge in [-0.1, -0.05) is 88.9 Å². The smallest absolute Gasteiger partial charge is 0.183 e. The van der Waals surface area contributed by atoms with E-state index in [4.69, 9.17) is 4.74 Å². The Kier molecular flexibility index (Phi) is 7.09. The third-order valence-electron chi connectivity index (χ3n) is 4.99. The van der Waals surface area contributed by atoms with Gasteiger partial charge in [0.2, 0.25) is 0 Å². The van der Waals surface area contributed by atoms with Crippen LogP contribution in [0.25, 0.3) is 11.0 Å². The van der Waals surface area contributed by atoms with Gasteiger partial charge in [0.05, 0.1) is 7.11 Å². The van der Waals surface area contributed by atoms with Crippen molar-refractivity contribution in [3.8, 4) is 5.75 Å². The summed E-state index contributed by atoms with van der Waals surface area (Å²) < 4.78 is 5.29. The Bertz CT molecular complexity index is 1250. The molecule has 4 aromatic rings. The lowest BCUT2D eigenvalue weighted by Gasteiger charge is -2.24. The van der Waals surface area contributed by atoms with Gasteiger partial charge in [-0.15, -0.1) is 0 Å². The van der Waals surface area contributed by atoms with Crippen LogP contribution in [-0.2, 0) is 10.1 Å². The minimum absolute atomic E-state index is 0.559. The second-order valence-corrected chi connectivity index (χ2v) is 12.8. The predicted octanol–water partition coefficient (Wildman–Crippen LogP) is 5.94. The number of hydrogen-bond donors (Lipinski definition) is 2. The summed E-state index contributed by atoms with van der Waals surface area (Å²) in [5.74, 6) is 0.779. The first-order valence-electron chi connectivity index (χ1n) is 10.2. The number of methoxy groups -OCH3 is 1. The van der Waals surface area contributed by atoms with Gasteiger partial charge >= 0.3 is 0 Å². The van der Waals surface area contributed by atoms with E-state index in [-0.39, 0.29) is 0 Å². The van der Waals surface area contributed by atoms with Crippen molar-refractivity contribution in [1.82, 2.24) is 0 Å². The average molecular weight is 461 g/mol. The summed E-state index contributed by atoms with van der Waals surface area (Å²) in [5, 5.41) is 0.559. The summed E-state index contributed by atoms with van der Waals surface area (Å²) in [7, 11) is 0.649. The molecular weight excluding hydrogens is 435 g/mol. The van der Waals surface area contributed by atoms with Crippen molar-refractivity contribution < 1.29 is 14.5 Å². The normalized spacial score (nSPS) is 12.9. The first kappa shape index (κ1) is 22.3. The maximum Gasteiger partial charge on any atom is 0.183 e. The predicted molar refractivity (Wildman–Crippen MR) is 137 cm³/mol.